The largest absolute Gasteiger partial charge is 0.465 e. The van der Waals surface area contributed by atoms with E-state index < -0.39 is 23.7 Å². The summed E-state index contributed by atoms with van der Waals surface area (Å²) >= 11 is 3.95. The number of alkyl halides is 3. The lowest BCUT2D eigenvalue weighted by Gasteiger charge is -2.09. The first-order chi connectivity index (χ1) is 5.88. The Bertz CT molecular complexity index is 205. The molecule has 0 radical (unpaired) electrons. The SMILES string of the molecule is CCOC(=O)CNC(=S)C(F)(F)F. The molecule has 0 spiro atoms. The fourth-order valence-electron chi connectivity index (χ4n) is 0.465. The molecule has 3 nitrogen and oxygen atoms in total. The standard InChI is InChI=1S/C6H8F3NO2S/c1-2-12-4(11)3-10-5(13)6(7,8)9/h2-3H2,1H3,(H,10,13). The first-order valence-corrected chi connectivity index (χ1v) is 3.79. The fourth-order valence-corrected chi connectivity index (χ4v) is 0.537. The van der Waals surface area contributed by atoms with E-state index in [9.17, 15) is 18.0 Å². The second-order valence-corrected chi connectivity index (χ2v) is 2.39. The fraction of sp³-hybridized carbons (Fsp3) is 0.667. The lowest BCUT2D eigenvalue weighted by molar-refractivity contribution is -0.141. The van der Waals surface area contributed by atoms with E-state index in [0.717, 1.165) is 0 Å². The number of carbonyl (C=O) groups excluding carboxylic acids is 1. The Kier molecular flexibility index (Phi) is 4.68. The molecule has 0 atom stereocenters. The van der Waals surface area contributed by atoms with Gasteiger partial charge >= 0.3 is 12.1 Å². The number of ether oxygens (including phenoxy) is 1. The summed E-state index contributed by atoms with van der Waals surface area (Å²) in [6, 6.07) is 0. The second-order valence-electron chi connectivity index (χ2n) is 1.99. The van der Waals surface area contributed by atoms with Crippen molar-refractivity contribution in [3.8, 4) is 0 Å². The minimum atomic E-state index is -4.60. The van der Waals surface area contributed by atoms with Crippen LogP contribution in [0.3, 0.4) is 0 Å². The molecule has 0 aromatic heterocycles. The molecular formula is C6H8F3NO2S. The average Bonchev–Trinajstić information content (AvgIpc) is 1.99. The van der Waals surface area contributed by atoms with Crippen LogP contribution >= 0.6 is 12.2 Å². The zero-order valence-electron chi connectivity index (χ0n) is 6.77. The third kappa shape index (κ3) is 5.40. The minimum Gasteiger partial charge on any atom is -0.465 e. The lowest BCUT2D eigenvalue weighted by atomic mass is 10.5. The van der Waals surface area contributed by atoms with Crippen LogP contribution in [0, 0.1) is 0 Å². The smallest absolute Gasteiger partial charge is 0.441 e. The Balaban J connectivity index is 3.77. The normalized spacial score (nSPS) is 10.8. The summed E-state index contributed by atoms with van der Waals surface area (Å²) in [6.45, 7) is 1.12. The van der Waals surface area contributed by atoms with Crippen LogP contribution in [0.1, 0.15) is 6.92 Å². The maximum absolute atomic E-state index is 11.7. The second kappa shape index (κ2) is 5.00. The van der Waals surface area contributed by atoms with Crippen molar-refractivity contribution in [2.45, 2.75) is 13.1 Å². The van der Waals surface area contributed by atoms with E-state index in [-0.39, 0.29) is 6.61 Å². The summed E-state index contributed by atoms with van der Waals surface area (Å²) in [5, 5.41) is 1.74. The molecule has 0 saturated heterocycles. The molecule has 0 rings (SSSR count). The van der Waals surface area contributed by atoms with Gasteiger partial charge in [-0.2, -0.15) is 13.2 Å². The van der Waals surface area contributed by atoms with Crippen molar-refractivity contribution in [3.63, 3.8) is 0 Å². The Labute approximate surface area is 78.2 Å². The van der Waals surface area contributed by atoms with Crippen LogP contribution in [0.4, 0.5) is 13.2 Å². The van der Waals surface area contributed by atoms with Crippen LogP contribution in [-0.4, -0.2) is 30.3 Å². The predicted octanol–water partition coefficient (Wildman–Crippen LogP) is 1.03. The van der Waals surface area contributed by atoms with Gasteiger partial charge in [0.1, 0.15) is 6.54 Å². The molecule has 0 aromatic carbocycles. The molecule has 0 heterocycles. The van der Waals surface area contributed by atoms with E-state index in [0.29, 0.717) is 0 Å². The van der Waals surface area contributed by atoms with Crippen molar-refractivity contribution in [3.05, 3.63) is 0 Å². The minimum absolute atomic E-state index is 0.124. The summed E-state index contributed by atoms with van der Waals surface area (Å²) in [5.41, 5.74) is 0. The Morgan fingerprint density at radius 2 is 2.08 bits per heavy atom. The number of rotatable bonds is 3. The molecule has 0 aromatic rings. The van der Waals surface area contributed by atoms with Crippen molar-refractivity contribution in [2.75, 3.05) is 13.2 Å². The van der Waals surface area contributed by atoms with Gasteiger partial charge < -0.3 is 10.1 Å². The van der Waals surface area contributed by atoms with E-state index in [1.807, 2.05) is 0 Å². The number of halogens is 3. The van der Waals surface area contributed by atoms with E-state index in [4.69, 9.17) is 0 Å². The first kappa shape index (κ1) is 12.2. The summed E-state index contributed by atoms with van der Waals surface area (Å²) < 4.78 is 39.6. The van der Waals surface area contributed by atoms with Gasteiger partial charge in [0.2, 0.25) is 0 Å². The van der Waals surface area contributed by atoms with Gasteiger partial charge in [0.15, 0.2) is 4.99 Å². The molecule has 0 amide bonds. The van der Waals surface area contributed by atoms with Crippen LogP contribution in [-0.2, 0) is 9.53 Å². The van der Waals surface area contributed by atoms with Gasteiger partial charge in [0.05, 0.1) is 6.61 Å². The molecule has 7 heteroatoms. The van der Waals surface area contributed by atoms with Crippen LogP contribution in [0.15, 0.2) is 0 Å². The first-order valence-electron chi connectivity index (χ1n) is 3.38. The number of nitrogens with one attached hydrogen (secondary N) is 1. The van der Waals surface area contributed by atoms with Crippen molar-refractivity contribution < 1.29 is 22.7 Å². The van der Waals surface area contributed by atoms with Gasteiger partial charge in [0, 0.05) is 0 Å². The summed E-state index contributed by atoms with van der Waals surface area (Å²) in [4.78, 5) is 9.24. The number of hydrogen-bond acceptors (Lipinski definition) is 3. The van der Waals surface area contributed by atoms with Gasteiger partial charge in [-0.25, -0.2) is 0 Å². The molecule has 1 N–H and O–H groups in total. The maximum Gasteiger partial charge on any atom is 0.441 e. The summed E-state index contributed by atoms with van der Waals surface area (Å²) in [6.07, 6.45) is -4.60. The van der Waals surface area contributed by atoms with Gasteiger partial charge in [-0.1, -0.05) is 12.2 Å². The maximum atomic E-state index is 11.7. The van der Waals surface area contributed by atoms with Crippen molar-refractivity contribution in [1.29, 1.82) is 0 Å². The monoisotopic (exact) mass is 215 g/mol. The van der Waals surface area contributed by atoms with Crippen molar-refractivity contribution in [1.82, 2.24) is 5.32 Å². The molecule has 0 aliphatic carbocycles. The highest BCUT2D eigenvalue weighted by Gasteiger charge is 2.34. The molecule has 0 saturated carbocycles. The third-order valence-electron chi connectivity index (χ3n) is 0.956. The molecular weight excluding hydrogens is 207 g/mol. The average molecular weight is 215 g/mol. The third-order valence-corrected chi connectivity index (χ3v) is 1.33. The summed E-state index contributed by atoms with van der Waals surface area (Å²) in [7, 11) is 0. The lowest BCUT2D eigenvalue weighted by Crippen LogP contribution is -2.38. The summed E-state index contributed by atoms with van der Waals surface area (Å²) in [5.74, 6) is -0.769. The number of hydrogen-bond donors (Lipinski definition) is 1. The Morgan fingerprint density at radius 1 is 1.54 bits per heavy atom. The predicted molar refractivity (Wildman–Crippen MR) is 43.3 cm³/mol. The highest BCUT2D eigenvalue weighted by Crippen LogP contribution is 2.15. The number of esters is 1. The van der Waals surface area contributed by atoms with E-state index in [2.05, 4.69) is 17.0 Å². The molecule has 0 aliphatic heterocycles. The van der Waals surface area contributed by atoms with Gasteiger partial charge in [-0.05, 0) is 6.92 Å². The zero-order valence-corrected chi connectivity index (χ0v) is 7.59. The molecule has 13 heavy (non-hydrogen) atoms. The number of thiocarbonyl (C=S) groups is 1. The molecule has 76 valence electrons. The molecule has 0 aliphatic rings. The highest BCUT2D eigenvalue weighted by atomic mass is 32.1. The van der Waals surface area contributed by atoms with Gasteiger partial charge in [-0.3, -0.25) is 4.79 Å². The molecule has 0 fully saturated rings. The van der Waals surface area contributed by atoms with Crippen molar-refractivity contribution >= 4 is 23.2 Å². The number of carbonyl (C=O) groups is 1. The topological polar surface area (TPSA) is 38.3 Å². The van der Waals surface area contributed by atoms with Gasteiger partial charge in [-0.15, -0.1) is 0 Å². The highest BCUT2D eigenvalue weighted by molar-refractivity contribution is 7.80. The van der Waals surface area contributed by atoms with E-state index in [1.165, 1.54) is 0 Å². The quantitative estimate of drug-likeness (QED) is 0.563. The van der Waals surface area contributed by atoms with Crippen LogP contribution < -0.4 is 5.32 Å². The van der Waals surface area contributed by atoms with Crippen LogP contribution in [0.25, 0.3) is 0 Å². The van der Waals surface area contributed by atoms with Crippen LogP contribution in [0.5, 0.6) is 0 Å². The van der Waals surface area contributed by atoms with E-state index in [1.54, 1.807) is 12.2 Å². The Morgan fingerprint density at radius 3 is 2.46 bits per heavy atom. The molecule has 0 bridgehead atoms. The molecule has 0 unspecified atom stereocenters. The van der Waals surface area contributed by atoms with Crippen molar-refractivity contribution in [2.24, 2.45) is 0 Å². The Hall–Kier alpha value is -0.850. The zero-order chi connectivity index (χ0) is 10.5. The van der Waals surface area contributed by atoms with Crippen LogP contribution in [0.2, 0.25) is 0 Å². The van der Waals surface area contributed by atoms with E-state index >= 15 is 0 Å². The van der Waals surface area contributed by atoms with Gasteiger partial charge in [0.25, 0.3) is 0 Å².